The van der Waals surface area contributed by atoms with Crippen molar-refractivity contribution in [2.45, 2.75) is 38.5 Å². The van der Waals surface area contributed by atoms with Crippen LogP contribution in [0.25, 0.3) is 21.5 Å². The fraction of sp³-hybridized carbons (Fsp3) is 0.200. The standard InChI is InChI=1S/2C25H22N2O2S/c2*1-25(23(28)27-24-26-11-12-30-24)15-19-9-10-20(29-2)14-21(19)22(25)18-8-7-16-5-3-4-6-17(16)13-18/h2*3-14,22H,15H2,1-2H3,(H,26,27,28)/t22-,25+;22-,25-/m00/s1. The van der Waals surface area contributed by atoms with E-state index in [0.717, 1.165) is 33.8 Å². The normalized spacial score (nSPS) is 20.1. The summed E-state index contributed by atoms with van der Waals surface area (Å²) < 4.78 is 11.0. The van der Waals surface area contributed by atoms with Gasteiger partial charge in [-0.05, 0) is 106 Å². The molecule has 2 aliphatic rings. The first-order valence-electron chi connectivity index (χ1n) is 19.9. The maximum absolute atomic E-state index is 13.5. The second kappa shape index (κ2) is 16.0. The fourth-order valence-corrected chi connectivity index (χ4v) is 10.3. The van der Waals surface area contributed by atoms with E-state index in [1.165, 1.54) is 55.3 Å². The van der Waals surface area contributed by atoms with Crippen LogP contribution in [0.5, 0.6) is 11.5 Å². The Kier molecular flexibility index (Phi) is 10.4. The Labute approximate surface area is 357 Å². The van der Waals surface area contributed by atoms with E-state index in [4.69, 9.17) is 9.47 Å². The molecule has 0 fully saturated rings. The van der Waals surface area contributed by atoms with Crippen LogP contribution in [-0.2, 0) is 22.4 Å². The van der Waals surface area contributed by atoms with Crippen molar-refractivity contribution in [3.63, 3.8) is 0 Å². The van der Waals surface area contributed by atoms with E-state index in [1.807, 2.05) is 47.2 Å². The Hall–Kier alpha value is -6.36. The molecule has 2 N–H and O–H groups in total. The van der Waals surface area contributed by atoms with Gasteiger partial charge in [-0.25, -0.2) is 9.97 Å². The van der Waals surface area contributed by atoms with Crippen LogP contribution in [0, 0.1) is 10.8 Å². The number of aromatic nitrogens is 2. The van der Waals surface area contributed by atoms with Crippen molar-refractivity contribution in [2.24, 2.45) is 10.8 Å². The van der Waals surface area contributed by atoms with Gasteiger partial charge in [0.2, 0.25) is 11.8 Å². The first-order chi connectivity index (χ1) is 29.2. The van der Waals surface area contributed by atoms with Gasteiger partial charge in [0, 0.05) is 35.0 Å². The van der Waals surface area contributed by atoms with Crippen LogP contribution < -0.4 is 20.1 Å². The van der Waals surface area contributed by atoms with Gasteiger partial charge in [-0.3, -0.25) is 9.59 Å². The largest absolute Gasteiger partial charge is 0.497 e. The van der Waals surface area contributed by atoms with Gasteiger partial charge in [-0.1, -0.05) is 97.1 Å². The first-order valence-corrected chi connectivity index (χ1v) is 21.7. The molecule has 2 aliphatic carbocycles. The van der Waals surface area contributed by atoms with Gasteiger partial charge in [0.15, 0.2) is 10.3 Å². The minimum absolute atomic E-state index is 0.00854. The molecule has 10 heteroatoms. The molecule has 2 aromatic heterocycles. The van der Waals surface area contributed by atoms with Crippen LogP contribution in [0.15, 0.2) is 144 Å². The zero-order chi connectivity index (χ0) is 41.4. The van der Waals surface area contributed by atoms with Gasteiger partial charge in [0.05, 0.1) is 25.0 Å². The molecule has 0 aliphatic heterocycles. The second-order valence-electron chi connectivity index (χ2n) is 16.0. The Morgan fingerprint density at radius 3 is 1.37 bits per heavy atom. The maximum Gasteiger partial charge on any atom is 0.233 e. The summed E-state index contributed by atoms with van der Waals surface area (Å²) >= 11 is 2.87. The smallest absolute Gasteiger partial charge is 0.233 e. The summed E-state index contributed by atoms with van der Waals surface area (Å²) in [7, 11) is 3.35. The quantitative estimate of drug-likeness (QED) is 0.158. The summed E-state index contributed by atoms with van der Waals surface area (Å²) in [5.74, 6) is 1.45. The van der Waals surface area contributed by atoms with E-state index < -0.39 is 10.8 Å². The van der Waals surface area contributed by atoms with Crippen LogP contribution in [0.4, 0.5) is 10.3 Å². The van der Waals surface area contributed by atoms with Crippen molar-refractivity contribution in [1.29, 1.82) is 0 Å². The van der Waals surface area contributed by atoms with Crippen LogP contribution in [0.1, 0.15) is 59.1 Å². The molecular formula is C50H44N4O4S2. The number of hydrogen-bond acceptors (Lipinski definition) is 8. The number of nitrogens with one attached hydrogen (secondary N) is 2. The Balaban J connectivity index is 0.000000154. The summed E-state index contributed by atoms with van der Waals surface area (Å²) in [4.78, 5) is 35.5. The molecule has 0 spiro atoms. The SMILES string of the molecule is COc1ccc2c(c1)[C@H](c1ccc3ccccc3c1)[C@@](C)(C(=O)Nc1nccs1)C2.COc1ccc2c(c1)[C@H](c1ccc3ccccc3c1)[C@](C)(C(=O)Nc1nccs1)C2. The van der Waals surface area contributed by atoms with Gasteiger partial charge in [0.25, 0.3) is 0 Å². The highest BCUT2D eigenvalue weighted by Gasteiger charge is 2.50. The predicted molar refractivity (Wildman–Crippen MR) is 243 cm³/mol. The zero-order valence-electron chi connectivity index (χ0n) is 33.8. The van der Waals surface area contributed by atoms with Crippen LogP contribution in [-0.4, -0.2) is 36.0 Å². The van der Waals surface area contributed by atoms with Crippen molar-refractivity contribution in [3.8, 4) is 11.5 Å². The topological polar surface area (TPSA) is 102 Å². The molecule has 8 aromatic rings. The van der Waals surface area contributed by atoms with Crippen LogP contribution in [0.3, 0.4) is 0 Å². The molecule has 0 radical (unpaired) electrons. The third-order valence-electron chi connectivity index (χ3n) is 12.3. The number of carbonyl (C=O) groups is 2. The molecule has 6 aromatic carbocycles. The highest BCUT2D eigenvalue weighted by molar-refractivity contribution is 7.14. The van der Waals surface area contributed by atoms with Crippen molar-refractivity contribution < 1.29 is 19.1 Å². The third kappa shape index (κ3) is 7.20. The molecule has 0 unspecified atom stereocenters. The number of rotatable bonds is 8. The second-order valence-corrected chi connectivity index (χ2v) is 17.8. The molecule has 8 nitrogen and oxygen atoms in total. The zero-order valence-corrected chi connectivity index (χ0v) is 35.4. The van der Waals surface area contributed by atoms with Gasteiger partial charge in [-0.2, -0.15) is 0 Å². The van der Waals surface area contributed by atoms with Crippen LogP contribution >= 0.6 is 22.7 Å². The summed E-state index contributed by atoms with van der Waals surface area (Å²) in [5.41, 5.74) is 5.68. The number of amides is 2. The summed E-state index contributed by atoms with van der Waals surface area (Å²) in [6.45, 7) is 4.12. The lowest BCUT2D eigenvalue weighted by Crippen LogP contribution is -2.37. The van der Waals surface area contributed by atoms with Crippen molar-refractivity contribution in [3.05, 3.63) is 178 Å². The number of ether oxygens (including phenoxy) is 2. The predicted octanol–water partition coefficient (Wildman–Crippen LogP) is 11.3. The van der Waals surface area contributed by atoms with Crippen molar-refractivity contribution >= 4 is 66.3 Å². The lowest BCUT2D eigenvalue weighted by atomic mass is 9.73. The molecule has 10 rings (SSSR count). The van der Waals surface area contributed by atoms with E-state index in [9.17, 15) is 9.59 Å². The van der Waals surface area contributed by atoms with Gasteiger partial charge in [-0.15, -0.1) is 22.7 Å². The highest BCUT2D eigenvalue weighted by atomic mass is 32.1. The summed E-state index contributed by atoms with van der Waals surface area (Å²) in [6.07, 6.45) is 4.75. The minimum Gasteiger partial charge on any atom is -0.497 e. The monoisotopic (exact) mass is 828 g/mol. The molecule has 300 valence electrons. The molecule has 0 saturated carbocycles. The lowest BCUT2D eigenvalue weighted by Gasteiger charge is -2.31. The van der Waals surface area contributed by atoms with Gasteiger partial charge < -0.3 is 20.1 Å². The van der Waals surface area contributed by atoms with E-state index in [1.54, 1.807) is 26.6 Å². The average molecular weight is 829 g/mol. The molecule has 0 saturated heterocycles. The minimum atomic E-state index is -0.636. The number of benzene rings is 6. The summed E-state index contributed by atoms with van der Waals surface area (Å²) in [5, 5.41) is 15.8. The third-order valence-corrected chi connectivity index (χ3v) is 13.7. The summed E-state index contributed by atoms with van der Waals surface area (Å²) in [6, 6.07) is 41.9. The van der Waals surface area contributed by atoms with E-state index in [-0.39, 0.29) is 23.7 Å². The average Bonchev–Trinajstić information content (AvgIpc) is 4.09. The molecule has 0 bridgehead atoms. The number of methoxy groups -OCH3 is 2. The molecule has 60 heavy (non-hydrogen) atoms. The van der Waals surface area contributed by atoms with Gasteiger partial charge in [0.1, 0.15) is 11.5 Å². The number of thiazole rings is 2. The first kappa shape index (κ1) is 39.1. The van der Waals surface area contributed by atoms with Gasteiger partial charge >= 0.3 is 0 Å². The van der Waals surface area contributed by atoms with E-state index in [2.05, 4.69) is 119 Å². The van der Waals surface area contributed by atoms with Crippen LogP contribution in [0.2, 0.25) is 0 Å². The number of carbonyl (C=O) groups excluding carboxylic acids is 2. The molecule has 4 atom stereocenters. The highest BCUT2D eigenvalue weighted by Crippen LogP contribution is 2.54. The van der Waals surface area contributed by atoms with Crippen molar-refractivity contribution in [1.82, 2.24) is 9.97 Å². The molecule has 2 amide bonds. The molecule has 2 heterocycles. The Morgan fingerprint density at radius 2 is 0.983 bits per heavy atom. The maximum atomic E-state index is 13.5. The number of fused-ring (bicyclic) bond motifs is 4. The van der Waals surface area contributed by atoms with E-state index in [0.29, 0.717) is 23.1 Å². The lowest BCUT2D eigenvalue weighted by molar-refractivity contribution is -0.125. The fourth-order valence-electron chi connectivity index (χ4n) is 9.28. The Morgan fingerprint density at radius 1 is 0.567 bits per heavy atom. The number of nitrogens with zero attached hydrogens (tertiary/aromatic N) is 2. The Bertz CT molecular complexity index is 2670. The molecular weight excluding hydrogens is 785 g/mol. The van der Waals surface area contributed by atoms with Crippen molar-refractivity contribution in [2.75, 3.05) is 24.9 Å². The number of hydrogen-bond donors (Lipinski definition) is 2. The van der Waals surface area contributed by atoms with E-state index >= 15 is 0 Å². The number of anilines is 2.